The molecule has 0 bridgehead atoms. The van der Waals surface area contributed by atoms with E-state index in [4.69, 9.17) is 38.8 Å². The summed E-state index contributed by atoms with van der Waals surface area (Å²) in [6, 6.07) is 21.2. The zero-order chi connectivity index (χ0) is 23.1. The summed E-state index contributed by atoms with van der Waals surface area (Å²) in [4.78, 5) is 1.99. The normalized spacial score (nSPS) is 14.1. The highest BCUT2D eigenvalue weighted by Gasteiger charge is 2.27. The summed E-state index contributed by atoms with van der Waals surface area (Å²) in [5.74, 6) is 0.769. The van der Waals surface area contributed by atoms with E-state index >= 15 is 0 Å². The molecule has 170 valence electrons. The molecule has 3 rings (SSSR count). The molecule has 2 unspecified atom stereocenters. The van der Waals surface area contributed by atoms with Gasteiger partial charge < -0.3 is 20.7 Å². The molecule has 4 nitrogen and oxygen atoms in total. The van der Waals surface area contributed by atoms with Crippen molar-refractivity contribution in [3.8, 4) is 5.75 Å². The lowest BCUT2D eigenvalue weighted by molar-refractivity contribution is 0.103. The van der Waals surface area contributed by atoms with Gasteiger partial charge in [0.15, 0.2) is 0 Å². The molecule has 0 heterocycles. The molecule has 0 saturated heterocycles. The molecule has 3 aromatic carbocycles. The number of ether oxygens (including phenoxy) is 1. The number of hydrogen-bond acceptors (Lipinski definition) is 5. The van der Waals surface area contributed by atoms with E-state index in [0.717, 1.165) is 26.7 Å². The van der Waals surface area contributed by atoms with Crippen LogP contribution in [-0.2, 0) is 12.1 Å². The molecular formula is C25H27Cl2NO3S. The fourth-order valence-corrected chi connectivity index (χ4v) is 5.01. The Labute approximate surface area is 203 Å². The summed E-state index contributed by atoms with van der Waals surface area (Å²) in [6.45, 7) is 2.19. The number of aliphatic hydroxyl groups excluding tert-OH is 2. The molecule has 3 aromatic rings. The van der Waals surface area contributed by atoms with E-state index in [2.05, 4.69) is 0 Å². The molecule has 0 aliphatic heterocycles. The Bertz CT molecular complexity index is 1050. The van der Waals surface area contributed by atoms with Crippen LogP contribution in [0.5, 0.6) is 5.75 Å². The predicted molar refractivity (Wildman–Crippen MR) is 132 cm³/mol. The zero-order valence-corrected chi connectivity index (χ0v) is 20.1. The van der Waals surface area contributed by atoms with Crippen LogP contribution < -0.4 is 10.5 Å². The van der Waals surface area contributed by atoms with Crippen molar-refractivity contribution in [1.29, 1.82) is 0 Å². The van der Waals surface area contributed by atoms with Crippen LogP contribution >= 0.6 is 35.0 Å². The Morgan fingerprint density at radius 1 is 1.03 bits per heavy atom. The lowest BCUT2D eigenvalue weighted by atomic mass is 9.86. The van der Waals surface area contributed by atoms with Gasteiger partial charge in [0.2, 0.25) is 0 Å². The average molecular weight is 492 g/mol. The molecule has 0 aliphatic rings. The van der Waals surface area contributed by atoms with Crippen molar-refractivity contribution in [3.05, 3.63) is 87.9 Å². The minimum absolute atomic E-state index is 0.0809. The highest BCUT2D eigenvalue weighted by atomic mass is 35.5. The van der Waals surface area contributed by atoms with Gasteiger partial charge >= 0.3 is 0 Å². The maximum Gasteiger partial charge on any atom is 0.120 e. The first kappa shape index (κ1) is 24.9. The van der Waals surface area contributed by atoms with Gasteiger partial charge in [0.1, 0.15) is 12.4 Å². The minimum atomic E-state index is -0.803. The minimum Gasteiger partial charge on any atom is -0.489 e. The zero-order valence-electron chi connectivity index (χ0n) is 17.8. The fourth-order valence-electron chi connectivity index (χ4n) is 3.43. The monoisotopic (exact) mass is 491 g/mol. The molecule has 2 atom stereocenters. The number of rotatable bonds is 10. The van der Waals surface area contributed by atoms with Crippen LogP contribution in [0.4, 0.5) is 0 Å². The van der Waals surface area contributed by atoms with Crippen LogP contribution in [0.3, 0.4) is 0 Å². The maximum absolute atomic E-state index is 10.0. The van der Waals surface area contributed by atoms with Crippen LogP contribution in [0, 0.1) is 0 Å². The molecule has 0 aliphatic carbocycles. The van der Waals surface area contributed by atoms with Gasteiger partial charge in [0, 0.05) is 32.0 Å². The van der Waals surface area contributed by atoms with Gasteiger partial charge in [-0.2, -0.15) is 0 Å². The van der Waals surface area contributed by atoms with E-state index < -0.39 is 11.6 Å². The highest BCUT2D eigenvalue weighted by molar-refractivity contribution is 7.99. The third-order valence-electron chi connectivity index (χ3n) is 5.01. The fraction of sp³-hybridized carbons (Fsp3) is 0.280. The van der Waals surface area contributed by atoms with Gasteiger partial charge in [0.25, 0.3) is 0 Å². The van der Waals surface area contributed by atoms with Crippen molar-refractivity contribution >= 4 is 35.0 Å². The SMILES string of the molecule is CC(N)(CC(O)CCO)c1ccc(Sc2cccc(OCc3cccc(Cl)c3)c2)cc1Cl. The van der Waals surface area contributed by atoms with E-state index in [1.54, 1.807) is 11.8 Å². The van der Waals surface area contributed by atoms with E-state index in [-0.39, 0.29) is 13.0 Å². The van der Waals surface area contributed by atoms with E-state index in [0.29, 0.717) is 23.1 Å². The Hall–Kier alpha value is -1.73. The van der Waals surface area contributed by atoms with Gasteiger partial charge in [-0.1, -0.05) is 59.2 Å². The number of hydrogen-bond donors (Lipinski definition) is 3. The second-order valence-electron chi connectivity index (χ2n) is 7.92. The molecule has 0 aromatic heterocycles. The van der Waals surface area contributed by atoms with Crippen molar-refractivity contribution in [2.24, 2.45) is 5.73 Å². The second kappa shape index (κ2) is 11.4. The van der Waals surface area contributed by atoms with Gasteiger partial charge in [-0.3, -0.25) is 0 Å². The first-order chi connectivity index (χ1) is 15.3. The highest BCUT2D eigenvalue weighted by Crippen LogP contribution is 2.36. The Morgan fingerprint density at radius 2 is 1.78 bits per heavy atom. The topological polar surface area (TPSA) is 75.7 Å². The standard InChI is InChI=1S/C25H27Cl2NO3S/c1-25(28,15-19(30)10-11-29)23-9-8-22(14-24(23)27)32-21-7-3-6-20(13-21)31-16-17-4-2-5-18(26)12-17/h2-9,12-14,19,29-30H,10-11,15-16,28H2,1H3. The first-order valence-electron chi connectivity index (χ1n) is 10.3. The Balaban J connectivity index is 1.67. The number of aliphatic hydroxyl groups is 2. The number of benzene rings is 3. The van der Waals surface area contributed by atoms with Crippen LogP contribution in [0.25, 0.3) is 0 Å². The molecule has 0 amide bonds. The third-order valence-corrected chi connectivity index (χ3v) is 6.54. The van der Waals surface area contributed by atoms with Crippen molar-refractivity contribution in [1.82, 2.24) is 0 Å². The molecule has 0 fully saturated rings. The smallest absolute Gasteiger partial charge is 0.120 e. The molecule has 0 radical (unpaired) electrons. The molecular weight excluding hydrogens is 465 g/mol. The Morgan fingerprint density at radius 3 is 2.50 bits per heavy atom. The molecule has 0 spiro atoms. The van der Waals surface area contributed by atoms with Crippen LogP contribution in [0.1, 0.15) is 30.9 Å². The van der Waals surface area contributed by atoms with E-state index in [9.17, 15) is 5.11 Å². The lowest BCUT2D eigenvalue weighted by Crippen LogP contribution is -2.37. The summed E-state index contributed by atoms with van der Waals surface area (Å²) < 4.78 is 5.91. The van der Waals surface area contributed by atoms with Gasteiger partial charge in [0.05, 0.1) is 6.10 Å². The van der Waals surface area contributed by atoms with Gasteiger partial charge in [-0.05, 0) is 73.4 Å². The largest absolute Gasteiger partial charge is 0.489 e. The molecule has 4 N–H and O–H groups in total. The molecule has 7 heteroatoms. The first-order valence-corrected chi connectivity index (χ1v) is 11.9. The molecule has 0 saturated carbocycles. The van der Waals surface area contributed by atoms with Gasteiger partial charge in [-0.15, -0.1) is 0 Å². The number of halogens is 2. The summed E-state index contributed by atoms with van der Waals surface area (Å²) >= 11 is 14.1. The third kappa shape index (κ3) is 7.14. The lowest BCUT2D eigenvalue weighted by Gasteiger charge is -2.29. The van der Waals surface area contributed by atoms with Crippen LogP contribution in [0.2, 0.25) is 10.0 Å². The summed E-state index contributed by atoms with van der Waals surface area (Å²) in [5.41, 5.74) is 7.39. The van der Waals surface area contributed by atoms with Gasteiger partial charge in [-0.25, -0.2) is 0 Å². The maximum atomic E-state index is 10.0. The summed E-state index contributed by atoms with van der Waals surface area (Å²) in [7, 11) is 0. The predicted octanol–water partition coefficient (Wildman–Crippen LogP) is 6.03. The second-order valence-corrected chi connectivity index (χ2v) is 9.92. The van der Waals surface area contributed by atoms with Crippen molar-refractivity contribution < 1.29 is 14.9 Å². The van der Waals surface area contributed by atoms with Crippen LogP contribution in [-0.4, -0.2) is 22.9 Å². The quantitative estimate of drug-likeness (QED) is 0.322. The summed E-state index contributed by atoms with van der Waals surface area (Å²) in [6.07, 6.45) is -0.0883. The average Bonchev–Trinajstić information content (AvgIpc) is 2.72. The van der Waals surface area contributed by atoms with Crippen molar-refractivity contribution in [2.45, 2.75) is 47.8 Å². The van der Waals surface area contributed by atoms with Crippen molar-refractivity contribution in [3.63, 3.8) is 0 Å². The number of nitrogens with two attached hydrogens (primary N) is 1. The van der Waals surface area contributed by atoms with Crippen LogP contribution in [0.15, 0.2) is 76.5 Å². The van der Waals surface area contributed by atoms with Crippen molar-refractivity contribution in [2.75, 3.05) is 6.61 Å². The summed E-state index contributed by atoms with van der Waals surface area (Å²) in [5, 5.41) is 20.3. The Kier molecular flexibility index (Phi) is 8.88. The molecule has 32 heavy (non-hydrogen) atoms. The van der Waals surface area contributed by atoms with E-state index in [1.807, 2.05) is 73.7 Å². The van der Waals surface area contributed by atoms with E-state index in [1.165, 1.54) is 0 Å².